The van der Waals surface area contributed by atoms with Gasteiger partial charge in [-0.25, -0.2) is 4.98 Å². The van der Waals surface area contributed by atoms with Gasteiger partial charge in [0.05, 0.1) is 19.7 Å². The molecule has 5 nitrogen and oxygen atoms in total. The summed E-state index contributed by atoms with van der Waals surface area (Å²) in [5.41, 5.74) is 0. The van der Waals surface area contributed by atoms with Crippen LogP contribution in [0.25, 0.3) is 0 Å². The number of halogens is 2. The van der Waals surface area contributed by atoms with Gasteiger partial charge in [-0.05, 0) is 19.9 Å². The van der Waals surface area contributed by atoms with Crippen LogP contribution in [0.3, 0.4) is 0 Å². The molecule has 0 spiro atoms. The van der Waals surface area contributed by atoms with E-state index in [-0.39, 0.29) is 24.9 Å². The van der Waals surface area contributed by atoms with Crippen molar-refractivity contribution in [3.8, 4) is 0 Å². The summed E-state index contributed by atoms with van der Waals surface area (Å²) in [5.74, 6) is -0.112. The second-order valence-corrected chi connectivity index (χ2v) is 4.04. The van der Waals surface area contributed by atoms with Gasteiger partial charge in [-0.1, -0.05) is 6.92 Å². The SMILES string of the molecule is CCCN(CC(=O)OCC)Cc1nccn1C(F)F. The third kappa shape index (κ3) is 4.94. The number of hydrogen-bond donors (Lipinski definition) is 0. The van der Waals surface area contributed by atoms with Gasteiger partial charge in [0, 0.05) is 12.4 Å². The number of nitrogens with zero attached hydrogens (tertiary/aromatic N) is 3. The summed E-state index contributed by atoms with van der Waals surface area (Å²) in [4.78, 5) is 17.1. The molecule has 0 aliphatic carbocycles. The number of hydrogen-bond acceptors (Lipinski definition) is 4. The van der Waals surface area contributed by atoms with Crippen LogP contribution in [0, 0.1) is 0 Å². The molecule has 0 unspecified atom stereocenters. The molecule has 0 bridgehead atoms. The Hall–Kier alpha value is -1.50. The maximum Gasteiger partial charge on any atom is 0.320 e. The third-order valence-electron chi connectivity index (χ3n) is 2.52. The van der Waals surface area contributed by atoms with E-state index in [4.69, 9.17) is 4.74 Å². The van der Waals surface area contributed by atoms with E-state index in [1.54, 1.807) is 11.8 Å². The smallest absolute Gasteiger partial charge is 0.320 e. The Morgan fingerprint density at radius 1 is 1.53 bits per heavy atom. The minimum absolute atomic E-state index is 0.0811. The monoisotopic (exact) mass is 275 g/mol. The lowest BCUT2D eigenvalue weighted by atomic mass is 10.3. The molecule has 1 aromatic heterocycles. The molecule has 7 heteroatoms. The second kappa shape index (κ2) is 7.83. The Morgan fingerprint density at radius 2 is 2.26 bits per heavy atom. The van der Waals surface area contributed by atoms with Gasteiger partial charge < -0.3 is 4.74 Å². The minimum atomic E-state index is -2.62. The van der Waals surface area contributed by atoms with Crippen LogP contribution in [0.2, 0.25) is 0 Å². The first-order chi connectivity index (χ1) is 9.08. The molecule has 0 aliphatic rings. The second-order valence-electron chi connectivity index (χ2n) is 4.04. The topological polar surface area (TPSA) is 47.4 Å². The Bertz CT molecular complexity index is 396. The Balaban J connectivity index is 2.66. The predicted molar refractivity (Wildman–Crippen MR) is 65.7 cm³/mol. The van der Waals surface area contributed by atoms with Crippen LogP contribution >= 0.6 is 0 Å². The number of ether oxygens (including phenoxy) is 1. The summed E-state index contributed by atoms with van der Waals surface area (Å²) < 4.78 is 31.0. The quantitative estimate of drug-likeness (QED) is 0.681. The molecule has 1 aromatic rings. The minimum Gasteiger partial charge on any atom is -0.465 e. The number of carbonyl (C=O) groups excluding carboxylic acids is 1. The first kappa shape index (κ1) is 15.6. The normalized spacial score (nSPS) is 11.3. The third-order valence-corrected chi connectivity index (χ3v) is 2.52. The van der Waals surface area contributed by atoms with Crippen LogP contribution in [0.1, 0.15) is 32.6 Å². The average molecular weight is 275 g/mol. The van der Waals surface area contributed by atoms with E-state index in [1.807, 2.05) is 6.92 Å². The molecule has 1 rings (SSSR count). The van der Waals surface area contributed by atoms with E-state index in [9.17, 15) is 13.6 Å². The van der Waals surface area contributed by atoms with Gasteiger partial charge in [-0.3, -0.25) is 14.3 Å². The maximum atomic E-state index is 12.7. The van der Waals surface area contributed by atoms with Gasteiger partial charge in [0.25, 0.3) is 0 Å². The van der Waals surface area contributed by atoms with Crippen molar-refractivity contribution in [3.05, 3.63) is 18.2 Å². The number of esters is 1. The largest absolute Gasteiger partial charge is 0.465 e. The number of alkyl halides is 2. The molecule has 0 saturated heterocycles. The summed E-state index contributed by atoms with van der Waals surface area (Å²) in [6.45, 7) is 2.27. The summed E-state index contributed by atoms with van der Waals surface area (Å²) >= 11 is 0. The van der Waals surface area contributed by atoms with Crippen LogP contribution < -0.4 is 0 Å². The molecule has 1 heterocycles. The fraction of sp³-hybridized carbons (Fsp3) is 0.667. The zero-order valence-corrected chi connectivity index (χ0v) is 11.2. The predicted octanol–water partition coefficient (Wildman–Crippen LogP) is 2.05. The summed E-state index contributed by atoms with van der Waals surface area (Å²) in [6, 6.07) is 0. The molecule has 0 saturated carbocycles. The van der Waals surface area contributed by atoms with Crippen LogP contribution in [0.15, 0.2) is 12.4 Å². The Morgan fingerprint density at radius 3 is 2.84 bits per heavy atom. The van der Waals surface area contributed by atoms with E-state index in [0.29, 0.717) is 13.2 Å². The van der Waals surface area contributed by atoms with Gasteiger partial charge in [0.1, 0.15) is 5.82 Å². The lowest BCUT2D eigenvalue weighted by molar-refractivity contribution is -0.144. The van der Waals surface area contributed by atoms with Crippen molar-refractivity contribution in [3.63, 3.8) is 0 Å². The van der Waals surface area contributed by atoms with Crippen molar-refractivity contribution in [2.45, 2.75) is 33.4 Å². The van der Waals surface area contributed by atoms with Crippen molar-refractivity contribution in [2.75, 3.05) is 19.7 Å². The van der Waals surface area contributed by atoms with E-state index >= 15 is 0 Å². The van der Waals surface area contributed by atoms with Gasteiger partial charge in [0.15, 0.2) is 0 Å². The molecular formula is C12H19F2N3O2. The summed E-state index contributed by atoms with van der Waals surface area (Å²) in [6.07, 6.45) is 3.37. The van der Waals surface area contributed by atoms with Gasteiger partial charge in [0.2, 0.25) is 0 Å². The molecule has 0 fully saturated rings. The lowest BCUT2D eigenvalue weighted by Crippen LogP contribution is -2.32. The number of carbonyl (C=O) groups is 1. The van der Waals surface area contributed by atoms with E-state index in [1.165, 1.54) is 12.4 Å². The highest BCUT2D eigenvalue weighted by Crippen LogP contribution is 2.14. The van der Waals surface area contributed by atoms with Gasteiger partial charge in [-0.2, -0.15) is 8.78 Å². The zero-order valence-electron chi connectivity index (χ0n) is 11.2. The van der Waals surface area contributed by atoms with Gasteiger partial charge >= 0.3 is 12.5 Å². The van der Waals surface area contributed by atoms with Crippen LogP contribution in [-0.2, 0) is 16.1 Å². The fourth-order valence-corrected chi connectivity index (χ4v) is 1.76. The van der Waals surface area contributed by atoms with Crippen molar-refractivity contribution in [1.82, 2.24) is 14.5 Å². The van der Waals surface area contributed by atoms with Crippen molar-refractivity contribution < 1.29 is 18.3 Å². The van der Waals surface area contributed by atoms with Crippen molar-refractivity contribution >= 4 is 5.97 Å². The van der Waals surface area contributed by atoms with Crippen LogP contribution in [0.5, 0.6) is 0 Å². The van der Waals surface area contributed by atoms with Crippen molar-refractivity contribution in [2.24, 2.45) is 0 Å². The highest BCUT2D eigenvalue weighted by atomic mass is 19.3. The van der Waals surface area contributed by atoms with Crippen molar-refractivity contribution in [1.29, 1.82) is 0 Å². The summed E-state index contributed by atoms with van der Waals surface area (Å²) in [7, 11) is 0. The average Bonchev–Trinajstić information content (AvgIpc) is 2.77. The van der Waals surface area contributed by atoms with Crippen LogP contribution in [-0.4, -0.2) is 40.1 Å². The lowest BCUT2D eigenvalue weighted by Gasteiger charge is -2.20. The fourth-order valence-electron chi connectivity index (χ4n) is 1.76. The molecule has 0 radical (unpaired) electrons. The first-order valence-electron chi connectivity index (χ1n) is 6.26. The molecule has 0 amide bonds. The molecule has 0 aromatic carbocycles. The van der Waals surface area contributed by atoms with E-state index < -0.39 is 6.55 Å². The highest BCUT2D eigenvalue weighted by molar-refractivity contribution is 5.71. The highest BCUT2D eigenvalue weighted by Gasteiger charge is 2.17. The molecular weight excluding hydrogens is 256 g/mol. The molecule has 19 heavy (non-hydrogen) atoms. The van der Waals surface area contributed by atoms with Gasteiger partial charge in [-0.15, -0.1) is 0 Å². The molecule has 0 aliphatic heterocycles. The maximum absolute atomic E-state index is 12.7. The van der Waals surface area contributed by atoms with E-state index in [0.717, 1.165) is 11.0 Å². The molecule has 0 N–H and O–H groups in total. The zero-order chi connectivity index (χ0) is 14.3. The van der Waals surface area contributed by atoms with Crippen LogP contribution in [0.4, 0.5) is 8.78 Å². The Labute approximate surface area is 111 Å². The standard InChI is InChI=1S/C12H19F2N3O2/c1-3-6-16(9-11(18)19-4-2)8-10-15-5-7-17(10)12(13)14/h5,7,12H,3-4,6,8-9H2,1-2H3. The number of rotatable bonds is 8. The number of imidazole rings is 1. The van der Waals surface area contributed by atoms with E-state index in [2.05, 4.69) is 4.98 Å². The first-order valence-corrected chi connectivity index (χ1v) is 6.26. The number of aromatic nitrogens is 2. The Kier molecular flexibility index (Phi) is 6.41. The summed E-state index contributed by atoms with van der Waals surface area (Å²) in [5, 5.41) is 0. The molecule has 108 valence electrons. The molecule has 0 atom stereocenters.